The van der Waals surface area contributed by atoms with Crippen molar-refractivity contribution in [1.29, 1.82) is 0 Å². The Morgan fingerprint density at radius 2 is 1.61 bits per heavy atom. The zero-order valence-electron chi connectivity index (χ0n) is 27.5. The van der Waals surface area contributed by atoms with Gasteiger partial charge in [0.1, 0.15) is 37.4 Å². The predicted octanol–water partition coefficient (Wildman–Crippen LogP) is 5.36. The lowest BCUT2D eigenvalue weighted by Crippen LogP contribution is -2.53. The highest BCUT2D eigenvalue weighted by molar-refractivity contribution is 7.92. The van der Waals surface area contributed by atoms with Crippen molar-refractivity contribution in [1.82, 2.24) is 10.2 Å². The minimum absolute atomic E-state index is 0.0178. The molecule has 12 heteroatoms. The van der Waals surface area contributed by atoms with Gasteiger partial charge in [0.05, 0.1) is 17.7 Å². The van der Waals surface area contributed by atoms with Gasteiger partial charge in [-0.25, -0.2) is 12.8 Å². The number of rotatable bonds is 15. The van der Waals surface area contributed by atoms with Crippen LogP contribution in [0.4, 0.5) is 10.1 Å². The second-order valence-corrected chi connectivity index (χ2v) is 13.4. The Morgan fingerprint density at radius 1 is 0.898 bits per heavy atom. The second-order valence-electron chi connectivity index (χ2n) is 11.5. The molecule has 1 atom stereocenters. The number of hydrogen-bond acceptors (Lipinski definition) is 7. The molecule has 49 heavy (non-hydrogen) atoms. The Labute approximate surface area is 286 Å². The molecular formula is C37H40FN3O7S. The largest absolute Gasteiger partial charge is 0.497 e. The lowest BCUT2D eigenvalue weighted by atomic mass is 10.0. The number of fused-ring (bicyclic) bond motifs is 1. The van der Waals surface area contributed by atoms with Crippen LogP contribution in [0.2, 0.25) is 0 Å². The Balaban J connectivity index is 1.57. The van der Waals surface area contributed by atoms with Gasteiger partial charge in [-0.05, 0) is 66.1 Å². The van der Waals surface area contributed by atoms with Crippen molar-refractivity contribution in [3.05, 3.63) is 114 Å². The zero-order chi connectivity index (χ0) is 34.8. The number of amides is 2. The van der Waals surface area contributed by atoms with E-state index in [9.17, 15) is 22.4 Å². The molecule has 0 saturated heterocycles. The van der Waals surface area contributed by atoms with Crippen molar-refractivity contribution in [2.75, 3.05) is 37.7 Å². The number of anilines is 1. The molecule has 0 aliphatic carbocycles. The van der Waals surface area contributed by atoms with Crippen LogP contribution in [-0.4, -0.2) is 64.6 Å². The number of carbonyl (C=O) groups is 2. The topological polar surface area (TPSA) is 114 Å². The van der Waals surface area contributed by atoms with Crippen LogP contribution in [0.25, 0.3) is 0 Å². The van der Waals surface area contributed by atoms with Crippen molar-refractivity contribution < 1.29 is 36.6 Å². The summed E-state index contributed by atoms with van der Waals surface area (Å²) in [5.74, 6) is -0.360. The lowest BCUT2D eigenvalue weighted by Gasteiger charge is -2.34. The molecule has 4 aromatic carbocycles. The summed E-state index contributed by atoms with van der Waals surface area (Å²) in [6.45, 7) is 2.31. The van der Waals surface area contributed by atoms with Crippen LogP contribution in [0.1, 0.15) is 30.9 Å². The van der Waals surface area contributed by atoms with E-state index < -0.39 is 34.3 Å². The maximum Gasteiger partial charge on any atom is 0.264 e. The van der Waals surface area contributed by atoms with Gasteiger partial charge in [-0.2, -0.15) is 0 Å². The first-order chi connectivity index (χ1) is 23.7. The highest BCUT2D eigenvalue weighted by Gasteiger charge is 2.35. The molecule has 1 heterocycles. The SMILES string of the molecule is CCCCNC(=O)[C@H](Cc1ccccc1)N(Cc1cccc(OC)c1)C(=O)CN(c1ccc(F)cc1)S(=O)(=O)c1ccc2c(c1)OCCO2. The molecule has 1 N–H and O–H groups in total. The first kappa shape index (κ1) is 35.2. The number of sulfonamides is 1. The van der Waals surface area contributed by atoms with Gasteiger partial charge in [0, 0.05) is 25.6 Å². The number of benzene rings is 4. The summed E-state index contributed by atoms with van der Waals surface area (Å²) in [5.41, 5.74) is 1.56. The van der Waals surface area contributed by atoms with Crippen LogP contribution in [0.5, 0.6) is 17.2 Å². The molecule has 0 aromatic heterocycles. The van der Waals surface area contributed by atoms with Crippen molar-refractivity contribution in [3.8, 4) is 17.2 Å². The smallest absolute Gasteiger partial charge is 0.264 e. The van der Waals surface area contributed by atoms with E-state index in [1.807, 2.05) is 37.3 Å². The fourth-order valence-corrected chi connectivity index (χ4v) is 6.91. The number of hydrogen-bond donors (Lipinski definition) is 1. The van der Waals surface area contributed by atoms with Crippen LogP contribution in [0.15, 0.2) is 102 Å². The third-order valence-corrected chi connectivity index (χ3v) is 9.85. The van der Waals surface area contributed by atoms with Crippen molar-refractivity contribution in [2.24, 2.45) is 0 Å². The highest BCUT2D eigenvalue weighted by atomic mass is 32.2. The fraction of sp³-hybridized carbons (Fsp3) is 0.297. The maximum absolute atomic E-state index is 14.6. The Hall–Kier alpha value is -5.10. The van der Waals surface area contributed by atoms with E-state index in [0.29, 0.717) is 30.2 Å². The van der Waals surface area contributed by atoms with Crippen LogP contribution >= 0.6 is 0 Å². The lowest BCUT2D eigenvalue weighted by molar-refractivity contribution is -0.140. The Morgan fingerprint density at radius 3 is 2.33 bits per heavy atom. The molecule has 10 nitrogen and oxygen atoms in total. The van der Waals surface area contributed by atoms with E-state index in [2.05, 4.69) is 5.32 Å². The third kappa shape index (κ3) is 8.88. The van der Waals surface area contributed by atoms with Gasteiger partial charge < -0.3 is 24.4 Å². The molecule has 0 spiro atoms. The highest BCUT2D eigenvalue weighted by Crippen LogP contribution is 2.34. The maximum atomic E-state index is 14.6. The van der Waals surface area contributed by atoms with Crippen molar-refractivity contribution in [3.63, 3.8) is 0 Å². The van der Waals surface area contributed by atoms with E-state index in [1.54, 1.807) is 24.3 Å². The first-order valence-corrected chi connectivity index (χ1v) is 17.6. The standard InChI is InChI=1S/C37H40FN3O7S/c1-3-4-19-39-37(43)33(23-27-9-6-5-7-10-27)40(25-28-11-8-12-31(22-28)46-2)36(42)26-41(30-15-13-29(38)14-16-30)49(44,45)32-17-18-34-35(24-32)48-21-20-47-34/h5-18,22,24,33H,3-4,19-21,23,25-26H2,1-2H3,(H,39,43)/t33-/m0/s1. The molecule has 2 amide bonds. The fourth-order valence-electron chi connectivity index (χ4n) is 5.48. The van der Waals surface area contributed by atoms with E-state index in [4.69, 9.17) is 14.2 Å². The van der Waals surface area contributed by atoms with E-state index in [1.165, 1.54) is 42.3 Å². The summed E-state index contributed by atoms with van der Waals surface area (Å²) < 4.78 is 60.3. The minimum atomic E-state index is -4.43. The van der Waals surface area contributed by atoms with E-state index >= 15 is 0 Å². The van der Waals surface area contributed by atoms with Crippen LogP contribution < -0.4 is 23.8 Å². The van der Waals surface area contributed by atoms with Crippen molar-refractivity contribution in [2.45, 2.75) is 43.7 Å². The number of unbranched alkanes of at least 4 members (excludes halogenated alkanes) is 1. The molecule has 0 saturated carbocycles. The summed E-state index contributed by atoms with van der Waals surface area (Å²) in [6, 6.07) is 24.5. The summed E-state index contributed by atoms with van der Waals surface area (Å²) >= 11 is 0. The number of halogens is 1. The molecular weight excluding hydrogens is 649 g/mol. The molecule has 258 valence electrons. The summed E-state index contributed by atoms with van der Waals surface area (Å²) in [6.07, 6.45) is 1.79. The van der Waals surface area contributed by atoms with E-state index in [0.717, 1.165) is 34.8 Å². The quantitative estimate of drug-likeness (QED) is 0.167. The van der Waals surface area contributed by atoms with Crippen LogP contribution in [0.3, 0.4) is 0 Å². The predicted molar refractivity (Wildman–Crippen MR) is 184 cm³/mol. The number of methoxy groups -OCH3 is 1. The summed E-state index contributed by atoms with van der Waals surface area (Å²) in [7, 11) is -2.90. The molecule has 1 aliphatic rings. The zero-order valence-corrected chi connectivity index (χ0v) is 28.3. The van der Waals surface area contributed by atoms with Gasteiger partial charge in [-0.3, -0.25) is 13.9 Å². The van der Waals surface area contributed by atoms with Gasteiger partial charge in [0.25, 0.3) is 10.0 Å². The van der Waals surface area contributed by atoms with Gasteiger partial charge >= 0.3 is 0 Å². The average Bonchev–Trinajstić information content (AvgIpc) is 3.12. The number of nitrogens with one attached hydrogen (secondary N) is 1. The molecule has 4 aromatic rings. The average molecular weight is 690 g/mol. The second kappa shape index (κ2) is 16.3. The van der Waals surface area contributed by atoms with Gasteiger partial charge in [-0.1, -0.05) is 55.8 Å². The molecule has 5 rings (SSSR count). The molecule has 0 radical (unpaired) electrons. The van der Waals surface area contributed by atoms with Gasteiger partial charge in [0.15, 0.2) is 11.5 Å². The van der Waals surface area contributed by atoms with Crippen LogP contribution in [0, 0.1) is 5.82 Å². The van der Waals surface area contributed by atoms with Gasteiger partial charge in [-0.15, -0.1) is 0 Å². The molecule has 1 aliphatic heterocycles. The summed E-state index contributed by atoms with van der Waals surface area (Å²) in [4.78, 5) is 29.8. The number of ether oxygens (including phenoxy) is 3. The molecule has 0 fully saturated rings. The number of carbonyl (C=O) groups excluding carboxylic acids is 2. The normalized spacial score (nSPS) is 12.9. The summed E-state index contributed by atoms with van der Waals surface area (Å²) in [5, 5.41) is 2.97. The number of nitrogens with zero attached hydrogens (tertiary/aromatic N) is 2. The molecule has 0 bridgehead atoms. The third-order valence-electron chi connectivity index (χ3n) is 8.08. The monoisotopic (exact) mass is 689 g/mol. The van der Waals surface area contributed by atoms with Crippen molar-refractivity contribution >= 4 is 27.5 Å². The Kier molecular flexibility index (Phi) is 11.7. The minimum Gasteiger partial charge on any atom is -0.497 e. The van der Waals surface area contributed by atoms with Crippen LogP contribution in [-0.2, 0) is 32.6 Å². The molecule has 0 unspecified atom stereocenters. The van der Waals surface area contributed by atoms with E-state index in [-0.39, 0.29) is 41.8 Å². The van der Waals surface area contributed by atoms with Gasteiger partial charge in [0.2, 0.25) is 11.8 Å². The first-order valence-electron chi connectivity index (χ1n) is 16.1. The Bertz CT molecular complexity index is 1840.